The first kappa shape index (κ1) is 9.00. The first-order valence-electron chi connectivity index (χ1n) is 3.75. The third-order valence-electron chi connectivity index (χ3n) is 1.56. The van der Waals surface area contributed by atoms with Crippen molar-refractivity contribution in [1.29, 1.82) is 0 Å². The minimum absolute atomic E-state index is 0.0253. The number of benzene rings is 1. The third kappa shape index (κ3) is 2.20. The van der Waals surface area contributed by atoms with Gasteiger partial charge in [-0.3, -0.25) is 0 Å². The third-order valence-corrected chi connectivity index (χ3v) is 1.56. The summed E-state index contributed by atoms with van der Waals surface area (Å²) in [6.07, 6.45) is -0.304. The van der Waals surface area contributed by atoms with Crippen LogP contribution in [0.1, 0.15) is 12.5 Å². The molecule has 1 aromatic rings. The number of aromatic hydroxyl groups is 1. The van der Waals surface area contributed by atoms with E-state index in [1.54, 1.807) is 6.92 Å². The summed E-state index contributed by atoms with van der Waals surface area (Å²) in [6, 6.07) is 3.69. The molecule has 0 aliphatic rings. The Morgan fingerprint density at radius 3 is 2.75 bits per heavy atom. The van der Waals surface area contributed by atoms with E-state index in [1.807, 2.05) is 0 Å². The summed E-state index contributed by atoms with van der Waals surface area (Å²) in [5.74, 6) is -0.374. The normalized spacial score (nSPS) is 12.9. The van der Waals surface area contributed by atoms with Crippen LogP contribution in [0.5, 0.6) is 5.75 Å². The summed E-state index contributed by atoms with van der Waals surface area (Å²) in [6.45, 7) is 1.59. The zero-order valence-corrected chi connectivity index (χ0v) is 6.79. The first-order chi connectivity index (χ1) is 5.59. The van der Waals surface area contributed by atoms with Gasteiger partial charge in [0, 0.05) is 6.42 Å². The van der Waals surface area contributed by atoms with Crippen LogP contribution in [0.15, 0.2) is 18.2 Å². The summed E-state index contributed by atoms with van der Waals surface area (Å²) in [4.78, 5) is 0. The van der Waals surface area contributed by atoms with Crippen LogP contribution < -0.4 is 0 Å². The minimum Gasteiger partial charge on any atom is -0.508 e. The van der Waals surface area contributed by atoms with E-state index in [-0.39, 0.29) is 12.2 Å². The lowest BCUT2D eigenvalue weighted by molar-refractivity contribution is 0.194. The monoisotopic (exact) mass is 170 g/mol. The van der Waals surface area contributed by atoms with Gasteiger partial charge in [-0.15, -0.1) is 0 Å². The molecule has 3 heteroatoms. The highest BCUT2D eigenvalue weighted by Crippen LogP contribution is 2.19. The number of phenols is 1. The van der Waals surface area contributed by atoms with E-state index in [2.05, 4.69) is 0 Å². The number of aliphatic hydroxyl groups excluding tert-OH is 1. The molecule has 0 saturated carbocycles. The molecule has 0 bridgehead atoms. The molecular formula is C9H11FO2. The van der Waals surface area contributed by atoms with Crippen molar-refractivity contribution < 1.29 is 14.6 Å². The Kier molecular flexibility index (Phi) is 2.65. The number of phenolic OH excluding ortho intramolecular Hbond substituents is 1. The summed E-state index contributed by atoms with van der Waals surface area (Å²) in [5.41, 5.74) is 0.435. The van der Waals surface area contributed by atoms with Crippen LogP contribution >= 0.6 is 0 Å². The number of hydrogen-bond acceptors (Lipinski definition) is 2. The van der Waals surface area contributed by atoms with Crippen molar-refractivity contribution in [2.24, 2.45) is 0 Å². The van der Waals surface area contributed by atoms with E-state index in [4.69, 9.17) is 5.11 Å². The Morgan fingerprint density at radius 2 is 2.17 bits per heavy atom. The zero-order chi connectivity index (χ0) is 9.14. The fourth-order valence-electron chi connectivity index (χ4n) is 1.04. The summed E-state index contributed by atoms with van der Waals surface area (Å²) >= 11 is 0. The molecule has 0 spiro atoms. The van der Waals surface area contributed by atoms with Gasteiger partial charge < -0.3 is 10.2 Å². The lowest BCUT2D eigenvalue weighted by atomic mass is 10.1. The van der Waals surface area contributed by atoms with Crippen molar-refractivity contribution in [2.75, 3.05) is 0 Å². The second-order valence-electron chi connectivity index (χ2n) is 2.83. The smallest absolute Gasteiger partial charge is 0.123 e. The van der Waals surface area contributed by atoms with Crippen molar-refractivity contribution in [3.8, 4) is 5.75 Å². The first-order valence-corrected chi connectivity index (χ1v) is 3.75. The molecule has 0 aliphatic carbocycles. The predicted octanol–water partition coefficient (Wildman–Crippen LogP) is 1.45. The maximum atomic E-state index is 12.6. The highest BCUT2D eigenvalue weighted by Gasteiger charge is 2.05. The van der Waals surface area contributed by atoms with Gasteiger partial charge in [0.25, 0.3) is 0 Å². The van der Waals surface area contributed by atoms with Gasteiger partial charge in [-0.2, -0.15) is 0 Å². The Balaban J connectivity index is 2.90. The second-order valence-corrected chi connectivity index (χ2v) is 2.83. The van der Waals surface area contributed by atoms with Crippen LogP contribution in [0.4, 0.5) is 4.39 Å². The van der Waals surface area contributed by atoms with Crippen LogP contribution in [-0.4, -0.2) is 16.3 Å². The van der Waals surface area contributed by atoms with Gasteiger partial charge in [-0.25, -0.2) is 4.39 Å². The number of rotatable bonds is 2. The SMILES string of the molecule is CC(O)Cc1cc(F)ccc1O. The molecule has 2 nitrogen and oxygen atoms in total. The molecule has 1 unspecified atom stereocenters. The lowest BCUT2D eigenvalue weighted by Gasteiger charge is -2.06. The molecule has 1 rings (SSSR count). The van der Waals surface area contributed by atoms with E-state index < -0.39 is 11.9 Å². The van der Waals surface area contributed by atoms with E-state index in [1.165, 1.54) is 18.2 Å². The van der Waals surface area contributed by atoms with Crippen molar-refractivity contribution in [3.05, 3.63) is 29.6 Å². The van der Waals surface area contributed by atoms with Crippen molar-refractivity contribution >= 4 is 0 Å². The Morgan fingerprint density at radius 1 is 1.50 bits per heavy atom. The molecule has 1 atom stereocenters. The molecular weight excluding hydrogens is 159 g/mol. The molecule has 0 amide bonds. The van der Waals surface area contributed by atoms with Crippen LogP contribution in [-0.2, 0) is 6.42 Å². The molecule has 0 aromatic heterocycles. The van der Waals surface area contributed by atoms with Crippen LogP contribution in [0, 0.1) is 5.82 Å². The molecule has 66 valence electrons. The molecule has 0 aliphatic heterocycles. The van der Waals surface area contributed by atoms with E-state index >= 15 is 0 Å². The zero-order valence-electron chi connectivity index (χ0n) is 6.79. The van der Waals surface area contributed by atoms with Crippen LogP contribution in [0.3, 0.4) is 0 Å². The summed E-state index contributed by atoms with van der Waals surface area (Å²) in [7, 11) is 0. The lowest BCUT2D eigenvalue weighted by Crippen LogP contribution is -2.04. The molecule has 0 radical (unpaired) electrons. The average molecular weight is 170 g/mol. The van der Waals surface area contributed by atoms with Crippen LogP contribution in [0.2, 0.25) is 0 Å². The van der Waals surface area contributed by atoms with Gasteiger partial charge in [0.2, 0.25) is 0 Å². The Bertz CT molecular complexity index is 271. The maximum Gasteiger partial charge on any atom is 0.123 e. The number of aliphatic hydroxyl groups is 1. The van der Waals surface area contributed by atoms with Crippen molar-refractivity contribution in [3.63, 3.8) is 0 Å². The van der Waals surface area contributed by atoms with Gasteiger partial charge in [0.15, 0.2) is 0 Å². The molecule has 0 heterocycles. The van der Waals surface area contributed by atoms with Gasteiger partial charge >= 0.3 is 0 Å². The fourth-order valence-corrected chi connectivity index (χ4v) is 1.04. The molecule has 0 saturated heterocycles. The molecule has 2 N–H and O–H groups in total. The summed E-state index contributed by atoms with van der Waals surface area (Å²) in [5, 5.41) is 18.2. The standard InChI is InChI=1S/C9H11FO2/c1-6(11)4-7-5-8(10)2-3-9(7)12/h2-3,5-6,11-12H,4H2,1H3. The Labute approximate surface area is 70.3 Å². The minimum atomic E-state index is -0.572. The van der Waals surface area contributed by atoms with E-state index in [0.717, 1.165) is 0 Å². The van der Waals surface area contributed by atoms with Gasteiger partial charge in [0.05, 0.1) is 6.10 Å². The number of hydrogen-bond donors (Lipinski definition) is 2. The Hall–Kier alpha value is -1.09. The molecule has 1 aromatic carbocycles. The molecule has 0 fully saturated rings. The predicted molar refractivity (Wildman–Crippen MR) is 43.4 cm³/mol. The van der Waals surface area contributed by atoms with Gasteiger partial charge in [-0.05, 0) is 30.7 Å². The quantitative estimate of drug-likeness (QED) is 0.705. The van der Waals surface area contributed by atoms with E-state index in [9.17, 15) is 9.50 Å². The summed E-state index contributed by atoms with van der Waals surface area (Å²) < 4.78 is 12.6. The average Bonchev–Trinajstić information content (AvgIpc) is 1.96. The maximum absolute atomic E-state index is 12.6. The van der Waals surface area contributed by atoms with Gasteiger partial charge in [-0.1, -0.05) is 0 Å². The van der Waals surface area contributed by atoms with Gasteiger partial charge in [0.1, 0.15) is 11.6 Å². The topological polar surface area (TPSA) is 40.5 Å². The van der Waals surface area contributed by atoms with Crippen LogP contribution in [0.25, 0.3) is 0 Å². The second kappa shape index (κ2) is 3.54. The van der Waals surface area contributed by atoms with E-state index in [0.29, 0.717) is 5.56 Å². The molecule has 12 heavy (non-hydrogen) atoms. The highest BCUT2D eigenvalue weighted by molar-refractivity contribution is 5.32. The fraction of sp³-hybridized carbons (Fsp3) is 0.333. The van der Waals surface area contributed by atoms with Crippen molar-refractivity contribution in [2.45, 2.75) is 19.4 Å². The number of halogens is 1. The largest absolute Gasteiger partial charge is 0.508 e. The highest BCUT2D eigenvalue weighted by atomic mass is 19.1. The van der Waals surface area contributed by atoms with Crippen molar-refractivity contribution in [1.82, 2.24) is 0 Å².